The number of nitrogens with one attached hydrogen (secondary N) is 3. The third-order valence-electron chi connectivity index (χ3n) is 12.8. The molecule has 1 aromatic heterocycles. The zero-order chi connectivity index (χ0) is 44.1. The lowest BCUT2D eigenvalue weighted by molar-refractivity contribution is -0.331. The summed E-state index contributed by atoms with van der Waals surface area (Å²) in [6, 6.07) is 4.03. The molecule has 1 aromatic carbocycles. The normalized spacial score (nSPS) is 30.2. The Balaban J connectivity index is 1.25. The number of rotatable bonds is 10. The van der Waals surface area contributed by atoms with Crippen molar-refractivity contribution in [3.63, 3.8) is 0 Å². The van der Waals surface area contributed by atoms with Gasteiger partial charge in [-0.3, -0.25) is 19.1 Å². The second-order valence-corrected chi connectivity index (χ2v) is 19.4. The van der Waals surface area contributed by atoms with Gasteiger partial charge in [-0.2, -0.15) is 18.2 Å². The number of carbonyl (C=O) groups excluding carboxylic acids is 4. The van der Waals surface area contributed by atoms with Crippen molar-refractivity contribution in [3.8, 4) is 17.5 Å². The summed E-state index contributed by atoms with van der Waals surface area (Å²) in [5.74, 6) is -2.87. The highest BCUT2D eigenvalue weighted by atomic mass is 32.2. The molecule has 4 fully saturated rings. The van der Waals surface area contributed by atoms with Crippen LogP contribution in [0.3, 0.4) is 0 Å². The van der Waals surface area contributed by atoms with E-state index in [-0.39, 0.29) is 37.1 Å². The Labute approximate surface area is 351 Å². The number of fused-ring (bicyclic) bond motifs is 3. The summed E-state index contributed by atoms with van der Waals surface area (Å²) < 4.78 is 96.8. The summed E-state index contributed by atoms with van der Waals surface area (Å²) in [7, 11) is -1.16. The first-order chi connectivity index (χ1) is 28.8. The van der Waals surface area contributed by atoms with Gasteiger partial charge in [0.05, 0.1) is 38.7 Å². The number of aromatic nitrogens is 1. The number of carbonyl (C=O) groups is 4. The van der Waals surface area contributed by atoms with Crippen molar-refractivity contribution >= 4 is 44.6 Å². The van der Waals surface area contributed by atoms with Crippen LogP contribution in [0.25, 0.3) is 10.8 Å². The first-order valence-electron chi connectivity index (χ1n) is 20.5. The first kappa shape index (κ1) is 44.2. The van der Waals surface area contributed by atoms with Crippen LogP contribution >= 0.6 is 0 Å². The molecular formula is C41H52F3N5O11S. The maximum absolute atomic E-state index is 15.0. The number of halogens is 3. The SMILES string of the molecule is CC[C@@H]1C[C@H](C)CC/C=C\[C@@H]2C[C@@]2(C(=O)NS(=O)(=O)C2(C)CC2)NC(=O)[C@@H]2C[C@@H](Oc3nc(OC)cc4cc(OC)ccc34)CN2C(=O)[C@H]1NC(=O)OC1(C(F)(F)F)COC1. The summed E-state index contributed by atoms with van der Waals surface area (Å²) >= 11 is 0. The van der Waals surface area contributed by atoms with Crippen molar-refractivity contribution in [2.24, 2.45) is 17.8 Å². The Kier molecular flexibility index (Phi) is 11.9. The van der Waals surface area contributed by atoms with E-state index in [0.29, 0.717) is 55.0 Å². The molecule has 2 aromatic rings. The van der Waals surface area contributed by atoms with Gasteiger partial charge in [-0.1, -0.05) is 32.4 Å². The van der Waals surface area contributed by atoms with Gasteiger partial charge < -0.3 is 39.2 Å². The molecule has 0 radical (unpaired) electrons. The summed E-state index contributed by atoms with van der Waals surface area (Å²) in [4.78, 5) is 62.8. The second-order valence-electron chi connectivity index (χ2n) is 17.2. The summed E-state index contributed by atoms with van der Waals surface area (Å²) in [5, 5.41) is 6.45. The van der Waals surface area contributed by atoms with Gasteiger partial charge in [0.2, 0.25) is 33.6 Å². The molecule has 16 nitrogen and oxygen atoms in total. The Hall–Kier alpha value is -4.85. The molecule has 0 spiro atoms. The maximum atomic E-state index is 15.0. The van der Waals surface area contributed by atoms with E-state index in [1.165, 1.54) is 26.0 Å². The van der Waals surface area contributed by atoms with Crippen molar-refractivity contribution in [2.75, 3.05) is 34.0 Å². The predicted octanol–water partition coefficient (Wildman–Crippen LogP) is 4.30. The van der Waals surface area contributed by atoms with E-state index in [1.807, 2.05) is 13.0 Å². The molecule has 20 heteroatoms. The number of benzene rings is 1. The quantitative estimate of drug-likeness (QED) is 0.287. The van der Waals surface area contributed by atoms with Gasteiger partial charge in [0.15, 0.2) is 0 Å². The van der Waals surface area contributed by atoms with Gasteiger partial charge >= 0.3 is 12.3 Å². The number of amides is 4. The molecule has 7 atom stereocenters. The van der Waals surface area contributed by atoms with Crippen LogP contribution in [-0.4, -0.2) is 116 Å². The maximum Gasteiger partial charge on any atom is 0.433 e. The topological polar surface area (TPSA) is 201 Å². The minimum absolute atomic E-state index is 0.0534. The Morgan fingerprint density at radius 2 is 1.84 bits per heavy atom. The van der Waals surface area contributed by atoms with Crippen LogP contribution < -0.4 is 29.6 Å². The highest BCUT2D eigenvalue weighted by molar-refractivity contribution is 7.91. The fourth-order valence-electron chi connectivity index (χ4n) is 8.38. The number of ether oxygens (including phenoxy) is 5. The summed E-state index contributed by atoms with van der Waals surface area (Å²) in [6.07, 6.45) is -1.21. The fraction of sp³-hybridized carbons (Fsp3) is 0.634. The number of methoxy groups -OCH3 is 2. The van der Waals surface area contributed by atoms with E-state index in [1.54, 1.807) is 37.3 Å². The summed E-state index contributed by atoms with van der Waals surface area (Å²) in [6.45, 7) is 3.21. The van der Waals surface area contributed by atoms with Crippen molar-refractivity contribution < 1.29 is 64.5 Å². The molecule has 0 unspecified atom stereocenters. The van der Waals surface area contributed by atoms with Crippen LogP contribution in [0.1, 0.15) is 72.1 Å². The van der Waals surface area contributed by atoms with Crippen LogP contribution in [-0.2, 0) is 33.9 Å². The van der Waals surface area contributed by atoms with Gasteiger partial charge in [0, 0.05) is 23.8 Å². The highest BCUT2D eigenvalue weighted by Gasteiger charge is 2.65. The van der Waals surface area contributed by atoms with Crippen molar-refractivity contribution in [1.29, 1.82) is 0 Å². The average Bonchev–Trinajstić information content (AvgIpc) is 4.08. The number of nitrogens with zero attached hydrogens (tertiary/aromatic N) is 2. The van der Waals surface area contributed by atoms with E-state index < -0.39 is 99.1 Å². The van der Waals surface area contributed by atoms with E-state index in [0.717, 1.165) is 0 Å². The molecule has 4 amide bonds. The number of hydrogen-bond acceptors (Lipinski definition) is 12. The standard InChI is InChI=1S/C41H52F3N5O11S/c1-6-24-15-23(2)9-7-8-10-26-19-40(26,36(52)48-61(54,55)38(3)13-14-38)47-33(50)30-18-28(59-34-29-12-11-27(56-4)16-25(29)17-31(45-34)57-5)20-49(30)35(51)32(24)46-37(53)60-39(21-58-22-39)41(42,43)44/h8,10-12,16-17,23-24,26,28,30,32H,6-7,9,13-15,18-22H2,1-5H3,(H,46,53)(H,47,50)(H,48,52)/b10-8-/t23-,24-,26-,28-,30+,32+,40-/m1/s1. The molecule has 7 rings (SSSR count). The van der Waals surface area contributed by atoms with Crippen molar-refractivity contribution in [3.05, 3.63) is 36.4 Å². The lowest BCUT2D eigenvalue weighted by Gasteiger charge is -2.41. The Morgan fingerprint density at radius 1 is 1.10 bits per heavy atom. The highest BCUT2D eigenvalue weighted by Crippen LogP contribution is 2.48. The largest absolute Gasteiger partial charge is 0.497 e. The molecule has 3 aliphatic heterocycles. The van der Waals surface area contributed by atoms with Crippen LogP contribution in [0.2, 0.25) is 0 Å². The van der Waals surface area contributed by atoms with Crippen LogP contribution in [0.4, 0.5) is 18.0 Å². The van der Waals surface area contributed by atoms with Gasteiger partial charge in [-0.15, -0.1) is 0 Å². The predicted molar refractivity (Wildman–Crippen MR) is 212 cm³/mol. The van der Waals surface area contributed by atoms with Crippen LogP contribution in [0.15, 0.2) is 36.4 Å². The molecule has 0 bridgehead atoms. The van der Waals surface area contributed by atoms with Gasteiger partial charge in [-0.05, 0) is 80.9 Å². The monoisotopic (exact) mass is 879 g/mol. The third-order valence-corrected chi connectivity index (χ3v) is 15.0. The lowest BCUT2D eigenvalue weighted by atomic mass is 9.85. The smallest absolute Gasteiger partial charge is 0.433 e. The molecule has 4 heterocycles. The molecule has 2 saturated carbocycles. The summed E-state index contributed by atoms with van der Waals surface area (Å²) in [5.41, 5.74) is -4.56. The second kappa shape index (κ2) is 16.4. The molecule has 61 heavy (non-hydrogen) atoms. The zero-order valence-electron chi connectivity index (χ0n) is 34.6. The van der Waals surface area contributed by atoms with E-state index in [4.69, 9.17) is 23.7 Å². The van der Waals surface area contributed by atoms with E-state index in [9.17, 15) is 36.0 Å². The van der Waals surface area contributed by atoms with Crippen molar-refractivity contribution in [1.82, 2.24) is 25.2 Å². The van der Waals surface area contributed by atoms with Crippen molar-refractivity contribution in [2.45, 2.75) is 112 Å². The van der Waals surface area contributed by atoms with Gasteiger partial charge in [-0.25, -0.2) is 13.2 Å². The van der Waals surface area contributed by atoms with Crippen LogP contribution in [0, 0.1) is 17.8 Å². The number of sulfonamides is 1. The van der Waals surface area contributed by atoms with Crippen LogP contribution in [0.5, 0.6) is 17.5 Å². The first-order valence-corrected chi connectivity index (χ1v) is 22.0. The number of allylic oxidation sites excluding steroid dienone is 1. The molecule has 5 aliphatic rings. The number of alkyl carbamates (subject to hydrolysis) is 1. The molecule has 2 aliphatic carbocycles. The Bertz CT molecular complexity index is 2190. The number of alkyl halides is 3. The van der Waals surface area contributed by atoms with E-state index in [2.05, 4.69) is 20.3 Å². The molecule has 334 valence electrons. The molecule has 2 saturated heterocycles. The minimum Gasteiger partial charge on any atom is -0.497 e. The van der Waals surface area contributed by atoms with Gasteiger partial charge in [0.1, 0.15) is 29.5 Å². The average molecular weight is 880 g/mol. The Morgan fingerprint density at radius 3 is 2.46 bits per heavy atom. The van der Waals surface area contributed by atoms with Gasteiger partial charge in [0.25, 0.3) is 11.5 Å². The number of hydrogen-bond donors (Lipinski definition) is 3. The third kappa shape index (κ3) is 8.66. The number of pyridine rings is 1. The lowest BCUT2D eigenvalue weighted by Crippen LogP contribution is -2.65. The zero-order valence-corrected chi connectivity index (χ0v) is 35.5. The molecule has 3 N–H and O–H groups in total. The molecular weight excluding hydrogens is 828 g/mol. The van der Waals surface area contributed by atoms with E-state index >= 15 is 4.79 Å². The fourth-order valence-corrected chi connectivity index (χ4v) is 9.69. The minimum atomic E-state index is -4.95.